The lowest BCUT2D eigenvalue weighted by Crippen LogP contribution is -2.09. The largest absolute Gasteiger partial charge is 0.508 e. The van der Waals surface area contributed by atoms with Crippen LogP contribution < -0.4 is 4.74 Å². The number of unbranched alkanes of at least 4 members (excludes halogenated alkanes) is 1. The van der Waals surface area contributed by atoms with Gasteiger partial charge in [0.1, 0.15) is 11.5 Å². The molecule has 0 aromatic heterocycles. The van der Waals surface area contributed by atoms with E-state index in [4.69, 9.17) is 14.6 Å². The van der Waals surface area contributed by atoms with E-state index < -0.39 is 17.9 Å². The van der Waals surface area contributed by atoms with E-state index in [0.717, 1.165) is 12.2 Å². The van der Waals surface area contributed by atoms with Crippen LogP contribution in [-0.2, 0) is 23.9 Å². The number of phenolic OH excluding ortho intramolecular Hbond substituents is 1. The Bertz CT molecular complexity index is 560. The highest BCUT2D eigenvalue weighted by Gasteiger charge is 2.05. The number of aromatic hydroxyl groups is 1. The van der Waals surface area contributed by atoms with Crippen molar-refractivity contribution in [2.24, 2.45) is 0 Å². The predicted octanol–water partition coefficient (Wildman–Crippen LogP) is 1.74. The Morgan fingerprint density at radius 3 is 2.35 bits per heavy atom. The summed E-state index contributed by atoms with van der Waals surface area (Å²) in [7, 11) is 1.20. The molecule has 0 atom stereocenters. The van der Waals surface area contributed by atoms with E-state index >= 15 is 0 Å². The van der Waals surface area contributed by atoms with Crippen molar-refractivity contribution in [2.45, 2.75) is 19.3 Å². The number of esters is 3. The third-order valence-corrected chi connectivity index (χ3v) is 2.64. The first-order valence-corrected chi connectivity index (χ1v) is 6.94. The zero-order valence-electron chi connectivity index (χ0n) is 12.7. The molecule has 23 heavy (non-hydrogen) atoms. The van der Waals surface area contributed by atoms with E-state index in [1.165, 1.54) is 31.4 Å². The molecule has 0 aliphatic heterocycles. The molecule has 0 saturated carbocycles. The van der Waals surface area contributed by atoms with Crippen molar-refractivity contribution in [1.29, 1.82) is 0 Å². The fourth-order valence-corrected chi connectivity index (χ4v) is 1.49. The highest BCUT2D eigenvalue weighted by atomic mass is 16.5. The molecular formula is C16H18O7. The third-order valence-electron chi connectivity index (χ3n) is 2.64. The normalized spacial score (nSPS) is 10.3. The number of rotatable bonds is 8. The lowest BCUT2D eigenvalue weighted by molar-refractivity contribution is -0.139. The molecule has 7 nitrogen and oxygen atoms in total. The van der Waals surface area contributed by atoms with Crippen LogP contribution in [0.15, 0.2) is 36.4 Å². The summed E-state index contributed by atoms with van der Waals surface area (Å²) in [5.41, 5.74) is 0. The van der Waals surface area contributed by atoms with Gasteiger partial charge in [0.25, 0.3) is 0 Å². The lowest BCUT2D eigenvalue weighted by atomic mass is 10.2. The number of carbonyl (C=O) groups is 3. The molecule has 0 radical (unpaired) electrons. The number of hydrogen-bond acceptors (Lipinski definition) is 7. The first-order chi connectivity index (χ1) is 11.0. The minimum Gasteiger partial charge on any atom is -0.508 e. The van der Waals surface area contributed by atoms with Gasteiger partial charge in [-0.25, -0.2) is 9.59 Å². The molecule has 1 aromatic rings. The zero-order chi connectivity index (χ0) is 17.1. The molecule has 7 heteroatoms. The minimum atomic E-state index is -0.651. The van der Waals surface area contributed by atoms with Crippen LogP contribution in [0.3, 0.4) is 0 Å². The second-order valence-corrected chi connectivity index (χ2v) is 4.45. The van der Waals surface area contributed by atoms with Crippen molar-refractivity contribution >= 4 is 17.9 Å². The monoisotopic (exact) mass is 322 g/mol. The highest BCUT2D eigenvalue weighted by Crippen LogP contribution is 2.16. The molecule has 0 aliphatic rings. The van der Waals surface area contributed by atoms with Gasteiger partial charge < -0.3 is 19.3 Å². The van der Waals surface area contributed by atoms with Gasteiger partial charge in [-0.3, -0.25) is 4.79 Å². The Balaban J connectivity index is 2.13. The number of benzene rings is 1. The standard InChI is InChI=1S/C16H18O7/c1-21-14(18)9-10-15(19)22-11-3-2-4-16(20)23-13-7-5-12(17)6-8-13/h5-10,17H,2-4,11H2,1H3/b10-9+. The number of carbonyl (C=O) groups excluding carboxylic acids is 3. The quantitative estimate of drug-likeness (QED) is 0.337. The van der Waals surface area contributed by atoms with Gasteiger partial charge >= 0.3 is 17.9 Å². The molecule has 0 unspecified atom stereocenters. The first kappa shape index (κ1) is 18.2. The maximum Gasteiger partial charge on any atom is 0.331 e. The Morgan fingerprint density at radius 2 is 1.70 bits per heavy atom. The molecule has 0 fully saturated rings. The first-order valence-electron chi connectivity index (χ1n) is 6.94. The predicted molar refractivity (Wildman–Crippen MR) is 79.7 cm³/mol. The summed E-state index contributed by atoms with van der Waals surface area (Å²) in [6, 6.07) is 5.82. The van der Waals surface area contributed by atoms with Gasteiger partial charge in [0, 0.05) is 18.6 Å². The molecule has 0 spiro atoms. The molecule has 0 aliphatic carbocycles. The summed E-state index contributed by atoms with van der Waals surface area (Å²) in [5.74, 6) is -1.26. The fraction of sp³-hybridized carbons (Fsp3) is 0.312. The number of phenols is 1. The number of hydrogen-bond donors (Lipinski definition) is 1. The maximum absolute atomic E-state index is 11.5. The van der Waals surface area contributed by atoms with E-state index in [-0.39, 0.29) is 18.8 Å². The van der Waals surface area contributed by atoms with Crippen molar-refractivity contribution in [3.8, 4) is 11.5 Å². The zero-order valence-corrected chi connectivity index (χ0v) is 12.7. The van der Waals surface area contributed by atoms with Crippen molar-refractivity contribution < 1.29 is 33.7 Å². The molecule has 124 valence electrons. The SMILES string of the molecule is COC(=O)/C=C/C(=O)OCCCCC(=O)Oc1ccc(O)cc1. The van der Waals surface area contributed by atoms with Gasteiger partial charge in [-0.15, -0.1) is 0 Å². The molecular weight excluding hydrogens is 304 g/mol. The average molecular weight is 322 g/mol. The molecule has 1 rings (SSSR count). The van der Waals surface area contributed by atoms with Crippen LogP contribution in [0.4, 0.5) is 0 Å². The van der Waals surface area contributed by atoms with Crippen LogP contribution in [0.2, 0.25) is 0 Å². The van der Waals surface area contributed by atoms with E-state index in [1.807, 2.05) is 0 Å². The van der Waals surface area contributed by atoms with Crippen molar-refractivity contribution in [3.05, 3.63) is 36.4 Å². The summed E-state index contributed by atoms with van der Waals surface area (Å²) >= 11 is 0. The van der Waals surface area contributed by atoms with Gasteiger partial charge in [-0.2, -0.15) is 0 Å². The van der Waals surface area contributed by atoms with Gasteiger partial charge in [-0.05, 0) is 37.1 Å². The second kappa shape index (κ2) is 9.99. The molecule has 1 aromatic carbocycles. The van der Waals surface area contributed by atoms with E-state index in [2.05, 4.69) is 4.74 Å². The molecule has 0 heterocycles. The van der Waals surface area contributed by atoms with E-state index in [0.29, 0.717) is 18.6 Å². The van der Waals surface area contributed by atoms with Crippen molar-refractivity contribution in [1.82, 2.24) is 0 Å². The van der Waals surface area contributed by atoms with Gasteiger partial charge in [-0.1, -0.05) is 0 Å². The van der Waals surface area contributed by atoms with Crippen LogP contribution in [-0.4, -0.2) is 36.7 Å². The Morgan fingerprint density at radius 1 is 1.04 bits per heavy atom. The van der Waals surface area contributed by atoms with E-state index in [9.17, 15) is 14.4 Å². The summed E-state index contributed by atoms with van der Waals surface area (Å²) < 4.78 is 14.2. The lowest BCUT2D eigenvalue weighted by Gasteiger charge is -2.04. The topological polar surface area (TPSA) is 99.1 Å². The van der Waals surface area contributed by atoms with Gasteiger partial charge in [0.15, 0.2) is 0 Å². The second-order valence-electron chi connectivity index (χ2n) is 4.45. The van der Waals surface area contributed by atoms with Crippen LogP contribution in [0.5, 0.6) is 11.5 Å². The van der Waals surface area contributed by atoms with Gasteiger partial charge in [0.2, 0.25) is 0 Å². The van der Waals surface area contributed by atoms with Crippen LogP contribution in [0, 0.1) is 0 Å². The summed E-state index contributed by atoms with van der Waals surface area (Å²) in [4.78, 5) is 33.5. The molecule has 0 saturated heterocycles. The van der Waals surface area contributed by atoms with Crippen molar-refractivity contribution in [3.63, 3.8) is 0 Å². The van der Waals surface area contributed by atoms with Gasteiger partial charge in [0.05, 0.1) is 13.7 Å². The summed E-state index contributed by atoms with van der Waals surface area (Å²) in [6.45, 7) is 0.136. The van der Waals surface area contributed by atoms with Crippen LogP contribution in [0.25, 0.3) is 0 Å². The maximum atomic E-state index is 11.5. The van der Waals surface area contributed by atoms with Crippen LogP contribution >= 0.6 is 0 Å². The molecule has 0 amide bonds. The summed E-state index contributed by atoms with van der Waals surface area (Å²) in [6.07, 6.45) is 3.10. The van der Waals surface area contributed by atoms with Crippen LogP contribution in [0.1, 0.15) is 19.3 Å². The Labute approximate surface area is 133 Å². The molecule has 0 bridgehead atoms. The smallest absolute Gasteiger partial charge is 0.331 e. The average Bonchev–Trinajstić information content (AvgIpc) is 2.54. The third kappa shape index (κ3) is 8.25. The Hall–Kier alpha value is -2.83. The molecule has 1 N–H and O–H groups in total. The number of methoxy groups -OCH3 is 1. The number of ether oxygens (including phenoxy) is 3. The van der Waals surface area contributed by atoms with E-state index in [1.54, 1.807) is 0 Å². The Kier molecular flexibility index (Phi) is 7.91. The fourth-order valence-electron chi connectivity index (χ4n) is 1.49. The van der Waals surface area contributed by atoms with Crippen molar-refractivity contribution in [2.75, 3.05) is 13.7 Å². The highest BCUT2D eigenvalue weighted by molar-refractivity contribution is 5.91. The minimum absolute atomic E-state index is 0.0906. The summed E-state index contributed by atoms with van der Waals surface area (Å²) in [5, 5.41) is 9.11.